The number of ether oxygens (including phenoxy) is 2. The minimum atomic E-state index is -0.572. The number of primary amides is 1. The Labute approximate surface area is 138 Å². The molecule has 2 N–H and O–H groups in total. The van der Waals surface area contributed by atoms with Crippen LogP contribution in [-0.4, -0.2) is 48.2 Å². The predicted molar refractivity (Wildman–Crippen MR) is 84.5 cm³/mol. The number of carbonyl (C=O) groups is 3. The molecular weight excluding hydrogens is 320 g/mol. The normalized spacial score (nSPS) is 15.5. The summed E-state index contributed by atoms with van der Waals surface area (Å²) in [5, 5.41) is 1.53. The predicted octanol–water partition coefficient (Wildman–Crippen LogP) is 2.01. The van der Waals surface area contributed by atoms with Crippen molar-refractivity contribution in [3.63, 3.8) is 0 Å². The molecular formula is C15H20N2O5S. The zero-order valence-electron chi connectivity index (χ0n) is 13.1. The van der Waals surface area contributed by atoms with E-state index >= 15 is 0 Å². The Kier molecular flexibility index (Phi) is 5.59. The maximum Gasteiger partial charge on any atom is 0.410 e. The summed E-state index contributed by atoms with van der Waals surface area (Å²) in [4.78, 5) is 36.8. The van der Waals surface area contributed by atoms with E-state index in [2.05, 4.69) is 0 Å². The quantitative estimate of drug-likeness (QED) is 0.845. The summed E-state index contributed by atoms with van der Waals surface area (Å²) in [5.74, 6) is -1.04. The summed E-state index contributed by atoms with van der Waals surface area (Å²) in [6, 6.07) is 1.43. The van der Waals surface area contributed by atoms with Crippen LogP contribution in [0.5, 0.6) is 0 Å². The van der Waals surface area contributed by atoms with E-state index in [9.17, 15) is 14.4 Å². The first kappa shape index (κ1) is 17.3. The molecule has 0 bridgehead atoms. The third-order valence-electron chi connectivity index (χ3n) is 3.40. The van der Waals surface area contributed by atoms with E-state index < -0.39 is 11.9 Å². The molecule has 1 aliphatic rings. The molecule has 0 spiro atoms. The monoisotopic (exact) mass is 340 g/mol. The lowest BCUT2D eigenvalue weighted by atomic mass is 10.1. The number of likely N-dealkylation sites (tertiary alicyclic amines) is 1. The molecule has 126 valence electrons. The van der Waals surface area contributed by atoms with Gasteiger partial charge < -0.3 is 20.1 Å². The summed E-state index contributed by atoms with van der Waals surface area (Å²) >= 11 is 1.13. The highest BCUT2D eigenvalue weighted by Gasteiger charge is 2.27. The van der Waals surface area contributed by atoms with Gasteiger partial charge in [0.05, 0.1) is 11.7 Å². The molecule has 2 heterocycles. The van der Waals surface area contributed by atoms with Gasteiger partial charge in [0.1, 0.15) is 11.0 Å². The van der Waals surface area contributed by atoms with Crippen LogP contribution in [-0.2, 0) is 9.47 Å². The number of nitrogens with zero attached hydrogens (tertiary/aromatic N) is 1. The van der Waals surface area contributed by atoms with E-state index in [0.29, 0.717) is 36.4 Å². The minimum absolute atomic E-state index is 0.156. The van der Waals surface area contributed by atoms with Gasteiger partial charge in [-0.05, 0) is 19.9 Å². The molecule has 7 nitrogen and oxygen atoms in total. The minimum Gasteiger partial charge on any atom is -0.458 e. The van der Waals surface area contributed by atoms with Gasteiger partial charge in [0.15, 0.2) is 0 Å². The van der Waals surface area contributed by atoms with Crippen molar-refractivity contribution in [3.8, 4) is 0 Å². The maximum absolute atomic E-state index is 12.0. The topological polar surface area (TPSA) is 98.9 Å². The molecule has 0 saturated carbocycles. The van der Waals surface area contributed by atoms with Crippen LogP contribution in [0.3, 0.4) is 0 Å². The van der Waals surface area contributed by atoms with Gasteiger partial charge in [-0.2, -0.15) is 0 Å². The van der Waals surface area contributed by atoms with E-state index in [1.54, 1.807) is 18.7 Å². The number of piperidine rings is 1. The molecule has 1 fully saturated rings. The number of carbonyl (C=O) groups excluding carboxylic acids is 3. The van der Waals surface area contributed by atoms with Gasteiger partial charge in [-0.1, -0.05) is 0 Å². The number of esters is 1. The molecule has 8 heteroatoms. The molecule has 2 amide bonds. The number of hydrogen-bond acceptors (Lipinski definition) is 6. The first-order valence-corrected chi connectivity index (χ1v) is 8.29. The van der Waals surface area contributed by atoms with Crippen molar-refractivity contribution in [2.75, 3.05) is 13.1 Å². The van der Waals surface area contributed by atoms with Crippen molar-refractivity contribution in [2.45, 2.75) is 38.9 Å². The zero-order chi connectivity index (χ0) is 17.0. The molecule has 23 heavy (non-hydrogen) atoms. The van der Waals surface area contributed by atoms with Crippen molar-refractivity contribution >= 4 is 29.3 Å². The third kappa shape index (κ3) is 4.69. The molecule has 1 saturated heterocycles. The molecule has 0 unspecified atom stereocenters. The summed E-state index contributed by atoms with van der Waals surface area (Å²) in [6.45, 7) is 4.57. The van der Waals surface area contributed by atoms with Gasteiger partial charge in [0.2, 0.25) is 5.91 Å². The van der Waals surface area contributed by atoms with Crippen molar-refractivity contribution in [3.05, 3.63) is 21.9 Å². The lowest BCUT2D eigenvalue weighted by Gasteiger charge is -2.31. The summed E-state index contributed by atoms with van der Waals surface area (Å²) < 4.78 is 10.6. The Bertz CT molecular complexity index is 590. The lowest BCUT2D eigenvalue weighted by Crippen LogP contribution is -2.42. The Morgan fingerprint density at radius 1 is 1.30 bits per heavy atom. The first-order valence-electron chi connectivity index (χ1n) is 7.41. The smallest absolute Gasteiger partial charge is 0.410 e. The first-order chi connectivity index (χ1) is 10.9. The average molecular weight is 340 g/mol. The maximum atomic E-state index is 12.0. The molecule has 1 aliphatic heterocycles. The molecule has 0 aromatic carbocycles. The Hall–Kier alpha value is -2.09. The number of rotatable bonds is 4. The van der Waals surface area contributed by atoms with Gasteiger partial charge in [0, 0.05) is 31.3 Å². The second-order valence-corrected chi connectivity index (χ2v) is 6.50. The van der Waals surface area contributed by atoms with Crippen LogP contribution in [0.4, 0.5) is 4.79 Å². The van der Waals surface area contributed by atoms with Crippen LogP contribution in [0.2, 0.25) is 0 Å². The highest BCUT2D eigenvalue weighted by Crippen LogP contribution is 2.20. The summed E-state index contributed by atoms with van der Waals surface area (Å²) in [7, 11) is 0. The Morgan fingerprint density at radius 2 is 1.96 bits per heavy atom. The molecule has 1 aromatic rings. The second-order valence-electron chi connectivity index (χ2n) is 5.59. The van der Waals surface area contributed by atoms with Crippen LogP contribution < -0.4 is 5.73 Å². The SMILES string of the molecule is CC(C)OC(=O)N1CCC(OC(=O)c2cc(C(N)=O)cs2)CC1. The zero-order valence-corrected chi connectivity index (χ0v) is 13.9. The van der Waals surface area contributed by atoms with Crippen LogP contribution in [0, 0.1) is 0 Å². The van der Waals surface area contributed by atoms with E-state index in [1.807, 2.05) is 0 Å². The van der Waals surface area contributed by atoms with Gasteiger partial charge >= 0.3 is 12.1 Å². The summed E-state index contributed by atoms with van der Waals surface area (Å²) in [5.41, 5.74) is 5.46. The molecule has 1 aromatic heterocycles. The fourth-order valence-electron chi connectivity index (χ4n) is 2.21. The van der Waals surface area contributed by atoms with Crippen LogP contribution in [0.25, 0.3) is 0 Å². The fraction of sp³-hybridized carbons (Fsp3) is 0.533. The number of amides is 2. The van der Waals surface area contributed by atoms with Crippen molar-refractivity contribution in [1.29, 1.82) is 0 Å². The van der Waals surface area contributed by atoms with E-state index in [1.165, 1.54) is 11.4 Å². The Morgan fingerprint density at radius 3 is 2.48 bits per heavy atom. The molecule has 0 atom stereocenters. The number of thiophene rings is 1. The number of nitrogens with two attached hydrogens (primary N) is 1. The second kappa shape index (κ2) is 7.45. The highest BCUT2D eigenvalue weighted by atomic mass is 32.1. The Balaban J connectivity index is 1.82. The largest absolute Gasteiger partial charge is 0.458 e. The van der Waals surface area contributed by atoms with Crippen LogP contribution >= 0.6 is 11.3 Å². The van der Waals surface area contributed by atoms with Gasteiger partial charge in [0.25, 0.3) is 0 Å². The van der Waals surface area contributed by atoms with Gasteiger partial charge in [-0.3, -0.25) is 4.79 Å². The van der Waals surface area contributed by atoms with E-state index in [0.717, 1.165) is 11.3 Å². The van der Waals surface area contributed by atoms with E-state index in [4.69, 9.17) is 15.2 Å². The van der Waals surface area contributed by atoms with Crippen LogP contribution in [0.1, 0.15) is 46.7 Å². The molecule has 0 aliphatic carbocycles. The third-order valence-corrected chi connectivity index (χ3v) is 4.31. The van der Waals surface area contributed by atoms with Gasteiger partial charge in [-0.25, -0.2) is 9.59 Å². The number of hydrogen-bond donors (Lipinski definition) is 1. The molecule has 0 radical (unpaired) electrons. The fourth-order valence-corrected chi connectivity index (χ4v) is 2.99. The molecule has 2 rings (SSSR count). The van der Waals surface area contributed by atoms with Crippen molar-refractivity contribution in [2.24, 2.45) is 5.73 Å². The standard InChI is InChI=1S/C15H20N2O5S/c1-9(2)21-15(20)17-5-3-11(4-6-17)22-14(19)12-7-10(8-23-12)13(16)18/h7-9,11H,3-6H2,1-2H3,(H2,16,18). The van der Waals surface area contributed by atoms with E-state index in [-0.39, 0.29) is 18.3 Å². The van der Waals surface area contributed by atoms with Gasteiger partial charge in [-0.15, -0.1) is 11.3 Å². The average Bonchev–Trinajstić information content (AvgIpc) is 2.97. The lowest BCUT2D eigenvalue weighted by molar-refractivity contribution is 0.00859. The summed E-state index contributed by atoms with van der Waals surface area (Å²) in [6.07, 6.45) is 0.384. The van der Waals surface area contributed by atoms with Crippen molar-refractivity contribution < 1.29 is 23.9 Å². The highest BCUT2D eigenvalue weighted by molar-refractivity contribution is 7.12. The van der Waals surface area contributed by atoms with Crippen LogP contribution in [0.15, 0.2) is 11.4 Å². The van der Waals surface area contributed by atoms with Crippen molar-refractivity contribution in [1.82, 2.24) is 4.90 Å².